The minimum absolute atomic E-state index is 0.0499. The molecule has 0 N–H and O–H groups in total. The van der Waals surface area contributed by atoms with E-state index in [4.69, 9.17) is 39.4 Å². The molecule has 1 aromatic carbocycles. The molecular formula is C8H7Cl2O2PS2. The SMILES string of the molecule is Cc1cccc(OC(=S)SP(=O)(Cl)Cl)c1. The fourth-order valence-electron chi connectivity index (χ4n) is 0.880. The first-order valence-electron chi connectivity index (χ1n) is 3.84. The lowest BCUT2D eigenvalue weighted by Crippen LogP contribution is -1.98. The van der Waals surface area contributed by atoms with Gasteiger partial charge in [-0.15, -0.1) is 0 Å². The van der Waals surface area contributed by atoms with Crippen LogP contribution >= 0.6 is 51.1 Å². The lowest BCUT2D eigenvalue weighted by molar-refractivity contribution is 0.578. The summed E-state index contributed by atoms with van der Waals surface area (Å²) in [5, 5.41) is -3.28. The molecule has 0 aliphatic carbocycles. The molecular weight excluding hydrogens is 294 g/mol. The van der Waals surface area contributed by atoms with Gasteiger partial charge in [-0.2, -0.15) is 0 Å². The highest BCUT2D eigenvalue weighted by atomic mass is 35.9. The molecule has 0 bridgehead atoms. The number of rotatable bonds is 2. The average Bonchev–Trinajstić information content (AvgIpc) is 1.99. The van der Waals surface area contributed by atoms with Gasteiger partial charge in [0.2, 0.25) is 4.38 Å². The van der Waals surface area contributed by atoms with E-state index in [9.17, 15) is 4.57 Å². The Hall–Kier alpha value is 0.270. The highest BCUT2D eigenvalue weighted by Crippen LogP contribution is 2.68. The summed E-state index contributed by atoms with van der Waals surface area (Å²) in [6.07, 6.45) is 0. The topological polar surface area (TPSA) is 26.3 Å². The second kappa shape index (κ2) is 5.55. The van der Waals surface area contributed by atoms with E-state index in [1.807, 2.05) is 19.1 Å². The summed E-state index contributed by atoms with van der Waals surface area (Å²) in [6, 6.07) is 7.31. The van der Waals surface area contributed by atoms with Gasteiger partial charge >= 0.3 is 5.05 Å². The van der Waals surface area contributed by atoms with E-state index in [-0.39, 0.29) is 4.38 Å². The third-order valence-electron chi connectivity index (χ3n) is 1.37. The molecule has 2 nitrogen and oxygen atoms in total. The molecule has 0 saturated carbocycles. The van der Waals surface area contributed by atoms with Crippen LogP contribution in [0.3, 0.4) is 0 Å². The Morgan fingerprint density at radius 2 is 2.20 bits per heavy atom. The average molecular weight is 301 g/mol. The summed E-state index contributed by atoms with van der Waals surface area (Å²) in [5.74, 6) is 0.578. The van der Waals surface area contributed by atoms with Crippen LogP contribution in [-0.4, -0.2) is 4.38 Å². The summed E-state index contributed by atoms with van der Waals surface area (Å²) in [5.41, 5.74) is 1.04. The van der Waals surface area contributed by atoms with Gasteiger partial charge in [-0.1, -0.05) is 12.1 Å². The van der Waals surface area contributed by atoms with Gasteiger partial charge < -0.3 is 4.74 Å². The van der Waals surface area contributed by atoms with Crippen LogP contribution in [0.5, 0.6) is 5.75 Å². The Kier molecular flexibility index (Phi) is 4.94. The van der Waals surface area contributed by atoms with Gasteiger partial charge in [0.25, 0.3) is 0 Å². The van der Waals surface area contributed by atoms with Crippen LogP contribution in [-0.2, 0) is 4.57 Å². The van der Waals surface area contributed by atoms with Crippen molar-refractivity contribution in [2.75, 3.05) is 0 Å². The number of hydrogen-bond acceptors (Lipinski definition) is 4. The first-order chi connectivity index (χ1) is 6.87. The second-order valence-electron chi connectivity index (χ2n) is 2.67. The first kappa shape index (κ1) is 13.3. The largest absolute Gasteiger partial charge is 0.439 e. The molecule has 0 spiro atoms. The molecule has 0 saturated heterocycles. The van der Waals surface area contributed by atoms with Crippen LogP contribution in [0, 0.1) is 6.92 Å². The van der Waals surface area contributed by atoms with Gasteiger partial charge in [0, 0.05) is 11.4 Å². The van der Waals surface area contributed by atoms with E-state index < -0.39 is 5.05 Å². The van der Waals surface area contributed by atoms with Crippen molar-refractivity contribution in [1.82, 2.24) is 0 Å². The molecule has 1 aromatic rings. The van der Waals surface area contributed by atoms with Crippen LogP contribution in [0.4, 0.5) is 0 Å². The van der Waals surface area contributed by atoms with Crippen molar-refractivity contribution in [3.05, 3.63) is 29.8 Å². The zero-order valence-corrected chi connectivity index (χ0v) is 11.7. The van der Waals surface area contributed by atoms with Crippen molar-refractivity contribution in [3.63, 3.8) is 0 Å². The fourth-order valence-corrected chi connectivity index (χ4v) is 4.73. The highest BCUT2D eigenvalue weighted by molar-refractivity contribution is 8.79. The van der Waals surface area contributed by atoms with Crippen molar-refractivity contribution in [3.8, 4) is 5.75 Å². The van der Waals surface area contributed by atoms with Crippen molar-refractivity contribution < 1.29 is 9.30 Å². The Morgan fingerprint density at radius 3 is 2.73 bits per heavy atom. The molecule has 82 valence electrons. The monoisotopic (exact) mass is 300 g/mol. The number of benzene rings is 1. The standard InChI is InChI=1S/C8H7Cl2O2PS2/c1-6-3-2-4-7(5-6)12-8(14)15-13(9,10)11/h2-5H,1H3. The van der Waals surface area contributed by atoms with E-state index >= 15 is 0 Å². The third kappa shape index (κ3) is 5.79. The maximum Gasteiger partial charge on any atom is 0.315 e. The molecule has 15 heavy (non-hydrogen) atoms. The Morgan fingerprint density at radius 1 is 1.53 bits per heavy atom. The zero-order chi connectivity index (χ0) is 11.5. The minimum atomic E-state index is -3.28. The molecule has 0 aliphatic heterocycles. The maximum absolute atomic E-state index is 11.0. The molecule has 0 aromatic heterocycles. The van der Waals surface area contributed by atoms with Gasteiger partial charge in [0.15, 0.2) is 0 Å². The predicted octanol–water partition coefficient (Wildman–Crippen LogP) is 4.98. The van der Waals surface area contributed by atoms with Gasteiger partial charge in [-0.05, 0) is 59.3 Å². The van der Waals surface area contributed by atoms with E-state index in [0.717, 1.165) is 5.56 Å². The molecule has 0 amide bonds. The molecule has 7 heteroatoms. The smallest absolute Gasteiger partial charge is 0.315 e. The van der Waals surface area contributed by atoms with Crippen molar-refractivity contribution in [2.45, 2.75) is 6.92 Å². The van der Waals surface area contributed by atoms with Crippen molar-refractivity contribution in [1.29, 1.82) is 0 Å². The van der Waals surface area contributed by atoms with E-state index in [1.54, 1.807) is 12.1 Å². The van der Waals surface area contributed by atoms with Crippen LogP contribution in [0.2, 0.25) is 0 Å². The van der Waals surface area contributed by atoms with Gasteiger partial charge in [0.1, 0.15) is 5.75 Å². The molecule has 0 fully saturated rings. The normalized spacial score (nSPS) is 11.1. The zero-order valence-electron chi connectivity index (χ0n) is 7.65. The summed E-state index contributed by atoms with van der Waals surface area (Å²) in [6.45, 7) is 1.93. The Labute approximate surface area is 107 Å². The van der Waals surface area contributed by atoms with E-state index in [1.165, 1.54) is 0 Å². The van der Waals surface area contributed by atoms with Gasteiger partial charge in [0.05, 0.1) is 0 Å². The van der Waals surface area contributed by atoms with Crippen molar-refractivity contribution in [2.24, 2.45) is 0 Å². The van der Waals surface area contributed by atoms with Crippen molar-refractivity contribution >= 4 is 55.5 Å². The lowest BCUT2D eigenvalue weighted by Gasteiger charge is -2.06. The summed E-state index contributed by atoms with van der Waals surface area (Å²) < 4.78 is 16.3. The lowest BCUT2D eigenvalue weighted by atomic mass is 10.2. The summed E-state index contributed by atoms with van der Waals surface area (Å²) in [4.78, 5) is 0. The Balaban J connectivity index is 2.63. The van der Waals surface area contributed by atoms with Crippen LogP contribution < -0.4 is 4.74 Å². The predicted molar refractivity (Wildman–Crippen MR) is 71.3 cm³/mol. The summed E-state index contributed by atoms with van der Waals surface area (Å²) >= 11 is 16.2. The summed E-state index contributed by atoms with van der Waals surface area (Å²) in [7, 11) is 0. The van der Waals surface area contributed by atoms with Gasteiger partial charge in [-0.3, -0.25) is 4.57 Å². The number of ether oxygens (including phenoxy) is 1. The molecule has 0 radical (unpaired) electrons. The quantitative estimate of drug-likeness (QED) is 0.568. The number of aryl methyl sites for hydroxylation is 1. The molecule has 0 unspecified atom stereocenters. The third-order valence-corrected chi connectivity index (χ3v) is 4.90. The van der Waals surface area contributed by atoms with Gasteiger partial charge in [-0.25, -0.2) is 0 Å². The van der Waals surface area contributed by atoms with Crippen LogP contribution in [0.1, 0.15) is 5.56 Å². The Bertz CT molecular complexity index is 419. The fraction of sp³-hybridized carbons (Fsp3) is 0.125. The molecule has 0 aliphatic rings. The molecule has 1 rings (SSSR count). The number of hydrogen-bond donors (Lipinski definition) is 0. The van der Waals surface area contributed by atoms with Crippen LogP contribution in [0.25, 0.3) is 0 Å². The number of thiocarbonyl (C=S) groups is 1. The first-order valence-corrected chi connectivity index (χ1v) is 9.19. The highest BCUT2D eigenvalue weighted by Gasteiger charge is 2.19. The van der Waals surface area contributed by atoms with E-state index in [2.05, 4.69) is 0 Å². The maximum atomic E-state index is 11.0. The molecule has 0 heterocycles. The second-order valence-corrected chi connectivity index (χ2v) is 11.4. The van der Waals surface area contributed by atoms with E-state index in [0.29, 0.717) is 17.1 Å². The molecule has 0 atom stereocenters. The van der Waals surface area contributed by atoms with Crippen LogP contribution in [0.15, 0.2) is 24.3 Å². The number of halogens is 2. The minimum Gasteiger partial charge on any atom is -0.439 e.